The SMILES string of the molecule is Cc1ccc2nc(Sc3c(Cl)cc(S(C)(=O)=O)cc3Cl)sc2c1. The van der Waals surface area contributed by atoms with Crippen LogP contribution in [0.3, 0.4) is 0 Å². The van der Waals surface area contributed by atoms with E-state index in [2.05, 4.69) is 11.1 Å². The molecule has 0 atom stereocenters. The van der Waals surface area contributed by atoms with Gasteiger partial charge in [0.2, 0.25) is 0 Å². The summed E-state index contributed by atoms with van der Waals surface area (Å²) in [7, 11) is -3.35. The van der Waals surface area contributed by atoms with Crippen LogP contribution in [0, 0.1) is 6.92 Å². The van der Waals surface area contributed by atoms with E-state index in [1.165, 1.54) is 29.5 Å². The number of sulfone groups is 1. The van der Waals surface area contributed by atoms with Gasteiger partial charge in [-0.25, -0.2) is 13.4 Å². The van der Waals surface area contributed by atoms with Crippen molar-refractivity contribution < 1.29 is 8.42 Å². The molecule has 1 aromatic heterocycles. The summed E-state index contributed by atoms with van der Waals surface area (Å²) in [5.74, 6) is 0. The van der Waals surface area contributed by atoms with Gasteiger partial charge in [0, 0.05) is 6.26 Å². The fourth-order valence-corrected chi connectivity index (χ4v) is 5.61. The number of aryl methyl sites for hydroxylation is 1. The second-order valence-corrected chi connectivity index (χ2v) is 10.2. The molecule has 0 spiro atoms. The molecule has 0 saturated carbocycles. The molecule has 0 aliphatic carbocycles. The van der Waals surface area contributed by atoms with E-state index in [4.69, 9.17) is 23.2 Å². The van der Waals surface area contributed by atoms with Crippen LogP contribution in [-0.2, 0) is 9.84 Å². The van der Waals surface area contributed by atoms with Gasteiger partial charge < -0.3 is 0 Å². The summed E-state index contributed by atoms with van der Waals surface area (Å²) in [6.45, 7) is 2.03. The molecule has 0 saturated heterocycles. The lowest BCUT2D eigenvalue weighted by Crippen LogP contribution is -1.97. The van der Waals surface area contributed by atoms with Crippen LogP contribution >= 0.6 is 46.3 Å². The third kappa shape index (κ3) is 3.67. The third-order valence-corrected chi connectivity index (χ3v) is 7.25. The standard InChI is InChI=1S/C15H11Cl2NO2S3/c1-8-3-4-12-13(5-8)21-15(18-12)22-14-10(16)6-9(7-11(14)17)23(2,19)20/h3-7H,1-2H3. The van der Waals surface area contributed by atoms with Crippen molar-refractivity contribution in [2.24, 2.45) is 0 Å². The molecule has 1 heterocycles. The Labute approximate surface area is 152 Å². The molecule has 0 radical (unpaired) electrons. The van der Waals surface area contributed by atoms with Crippen molar-refractivity contribution in [1.29, 1.82) is 0 Å². The van der Waals surface area contributed by atoms with Gasteiger partial charge in [-0.15, -0.1) is 11.3 Å². The van der Waals surface area contributed by atoms with Crippen molar-refractivity contribution >= 4 is 66.4 Å². The summed E-state index contributed by atoms with van der Waals surface area (Å²) < 4.78 is 25.1. The zero-order valence-corrected chi connectivity index (χ0v) is 16.1. The van der Waals surface area contributed by atoms with Crippen LogP contribution < -0.4 is 0 Å². The highest BCUT2D eigenvalue weighted by molar-refractivity contribution is 8.01. The molecule has 3 nitrogen and oxygen atoms in total. The van der Waals surface area contributed by atoms with Crippen molar-refractivity contribution in [3.63, 3.8) is 0 Å². The first-order chi connectivity index (χ1) is 10.7. The fraction of sp³-hybridized carbons (Fsp3) is 0.133. The van der Waals surface area contributed by atoms with Gasteiger partial charge in [0.1, 0.15) is 0 Å². The molecule has 2 aromatic carbocycles. The average Bonchev–Trinajstić information content (AvgIpc) is 2.83. The minimum Gasteiger partial charge on any atom is -0.229 e. The molecule has 23 heavy (non-hydrogen) atoms. The smallest absolute Gasteiger partial charge is 0.175 e. The van der Waals surface area contributed by atoms with Crippen molar-refractivity contribution in [3.05, 3.63) is 45.9 Å². The maximum absolute atomic E-state index is 11.6. The first kappa shape index (κ1) is 17.0. The van der Waals surface area contributed by atoms with E-state index in [9.17, 15) is 8.42 Å². The lowest BCUT2D eigenvalue weighted by atomic mass is 10.2. The number of benzene rings is 2. The van der Waals surface area contributed by atoms with Gasteiger partial charge in [-0.3, -0.25) is 0 Å². The molecule has 3 aromatic rings. The van der Waals surface area contributed by atoms with Crippen molar-refractivity contribution in [1.82, 2.24) is 4.98 Å². The number of nitrogens with zero attached hydrogens (tertiary/aromatic N) is 1. The summed E-state index contributed by atoms with van der Waals surface area (Å²) in [4.78, 5) is 5.26. The van der Waals surface area contributed by atoms with Gasteiger partial charge in [-0.2, -0.15) is 0 Å². The molecule has 0 unspecified atom stereocenters. The molecule has 0 aliphatic heterocycles. The van der Waals surface area contributed by atoms with Crippen molar-refractivity contribution in [2.75, 3.05) is 6.26 Å². The van der Waals surface area contributed by atoms with Crippen LogP contribution in [0.2, 0.25) is 10.0 Å². The van der Waals surface area contributed by atoms with Crippen LogP contribution in [-0.4, -0.2) is 19.7 Å². The van der Waals surface area contributed by atoms with E-state index >= 15 is 0 Å². The predicted molar refractivity (Wildman–Crippen MR) is 98.1 cm³/mol. The van der Waals surface area contributed by atoms with Crippen LogP contribution in [0.5, 0.6) is 0 Å². The minimum absolute atomic E-state index is 0.108. The topological polar surface area (TPSA) is 47.0 Å². The molecular weight excluding hydrogens is 393 g/mol. The van der Waals surface area contributed by atoms with Gasteiger partial charge in [0.25, 0.3) is 0 Å². The number of hydrogen-bond acceptors (Lipinski definition) is 5. The highest BCUT2D eigenvalue weighted by Gasteiger charge is 2.17. The van der Waals surface area contributed by atoms with Gasteiger partial charge >= 0.3 is 0 Å². The Kier molecular flexibility index (Phi) is 4.64. The van der Waals surface area contributed by atoms with Gasteiger partial charge in [-0.1, -0.05) is 41.0 Å². The Bertz CT molecular complexity index is 990. The summed E-state index contributed by atoms with van der Waals surface area (Å²) in [5, 5.41) is 0.608. The maximum Gasteiger partial charge on any atom is 0.175 e. The number of rotatable bonds is 3. The maximum atomic E-state index is 11.6. The molecular formula is C15H11Cl2NO2S3. The molecule has 0 bridgehead atoms. The Morgan fingerprint density at radius 3 is 2.39 bits per heavy atom. The third-order valence-electron chi connectivity index (χ3n) is 3.11. The number of halogens is 2. The highest BCUT2D eigenvalue weighted by Crippen LogP contribution is 2.42. The number of hydrogen-bond donors (Lipinski definition) is 0. The second kappa shape index (κ2) is 6.26. The van der Waals surface area contributed by atoms with E-state index in [0.29, 0.717) is 14.9 Å². The monoisotopic (exact) mass is 403 g/mol. The van der Waals surface area contributed by atoms with E-state index in [1.807, 2.05) is 19.1 Å². The average molecular weight is 404 g/mol. The zero-order chi connectivity index (χ0) is 16.8. The fourth-order valence-electron chi connectivity index (χ4n) is 1.99. The molecule has 0 fully saturated rings. The lowest BCUT2D eigenvalue weighted by molar-refractivity contribution is 0.602. The van der Waals surface area contributed by atoms with Gasteiger partial charge in [0.15, 0.2) is 14.2 Å². The minimum atomic E-state index is -3.35. The molecule has 3 rings (SSSR count). The molecule has 0 amide bonds. The largest absolute Gasteiger partial charge is 0.229 e. The van der Waals surface area contributed by atoms with E-state index in [1.54, 1.807) is 11.3 Å². The first-order valence-electron chi connectivity index (χ1n) is 6.48. The van der Waals surface area contributed by atoms with Gasteiger partial charge in [-0.05, 0) is 36.8 Å². The molecule has 8 heteroatoms. The Hall–Kier alpha value is -0.790. The van der Waals surface area contributed by atoms with Crippen LogP contribution in [0.4, 0.5) is 0 Å². The van der Waals surface area contributed by atoms with E-state index in [0.717, 1.165) is 20.8 Å². The molecule has 120 valence electrons. The van der Waals surface area contributed by atoms with Crippen LogP contribution in [0.15, 0.2) is 44.5 Å². The van der Waals surface area contributed by atoms with Crippen molar-refractivity contribution in [3.8, 4) is 0 Å². The zero-order valence-electron chi connectivity index (χ0n) is 12.1. The van der Waals surface area contributed by atoms with E-state index < -0.39 is 9.84 Å². The van der Waals surface area contributed by atoms with Crippen LogP contribution in [0.1, 0.15) is 5.56 Å². The highest BCUT2D eigenvalue weighted by atomic mass is 35.5. The predicted octanol–water partition coefficient (Wildman–Crippen LogP) is 5.47. The molecule has 0 aliphatic rings. The molecule has 0 N–H and O–H groups in total. The summed E-state index contributed by atoms with van der Waals surface area (Å²) >= 11 is 15.3. The quantitative estimate of drug-likeness (QED) is 0.581. The first-order valence-corrected chi connectivity index (χ1v) is 10.8. The van der Waals surface area contributed by atoms with Crippen molar-refractivity contribution in [2.45, 2.75) is 21.1 Å². The summed E-state index contributed by atoms with van der Waals surface area (Å²) in [6, 6.07) is 8.90. The van der Waals surface area contributed by atoms with E-state index in [-0.39, 0.29) is 4.90 Å². The normalized spacial score (nSPS) is 12.0. The number of thiazole rings is 1. The van der Waals surface area contributed by atoms with Gasteiger partial charge in [0.05, 0.1) is 30.1 Å². The summed E-state index contributed by atoms with van der Waals surface area (Å²) in [5.41, 5.74) is 2.09. The summed E-state index contributed by atoms with van der Waals surface area (Å²) in [6.07, 6.45) is 1.12. The Morgan fingerprint density at radius 2 is 1.78 bits per heavy atom. The number of fused-ring (bicyclic) bond motifs is 1. The Balaban J connectivity index is 2.01. The second-order valence-electron chi connectivity index (χ2n) is 5.04. The number of aromatic nitrogens is 1. The Morgan fingerprint density at radius 1 is 1.13 bits per heavy atom. The van der Waals surface area contributed by atoms with Crippen LogP contribution in [0.25, 0.3) is 10.2 Å². The lowest BCUT2D eigenvalue weighted by Gasteiger charge is -2.07.